The van der Waals surface area contributed by atoms with Gasteiger partial charge in [0.1, 0.15) is 5.82 Å². The van der Waals surface area contributed by atoms with Gasteiger partial charge in [0.2, 0.25) is 0 Å². The summed E-state index contributed by atoms with van der Waals surface area (Å²) in [4.78, 5) is 25.0. The molecule has 0 spiro atoms. The summed E-state index contributed by atoms with van der Waals surface area (Å²) in [7, 11) is 0. The van der Waals surface area contributed by atoms with Crippen molar-refractivity contribution in [3.8, 4) is 0 Å². The van der Waals surface area contributed by atoms with E-state index in [1.807, 2.05) is 6.92 Å². The van der Waals surface area contributed by atoms with Crippen LogP contribution in [0.5, 0.6) is 0 Å². The van der Waals surface area contributed by atoms with Gasteiger partial charge in [0.25, 0.3) is 0 Å². The Kier molecular flexibility index (Phi) is 5.35. The number of benzene rings is 1. The number of urea groups is 1. The lowest BCUT2D eigenvalue weighted by Crippen LogP contribution is -2.38. The summed E-state index contributed by atoms with van der Waals surface area (Å²) < 4.78 is 12.8. The molecular weight excluding hydrogens is 287 g/mol. The number of amides is 2. The number of nitrogens with zero attached hydrogens (tertiary/aromatic N) is 1. The lowest BCUT2D eigenvalue weighted by atomic mass is 9.92. The van der Waals surface area contributed by atoms with E-state index in [-0.39, 0.29) is 24.3 Å². The number of carboxylic acids is 1. The predicted molar refractivity (Wildman–Crippen MR) is 79.7 cm³/mol. The van der Waals surface area contributed by atoms with Crippen molar-refractivity contribution in [2.45, 2.75) is 26.3 Å². The van der Waals surface area contributed by atoms with Crippen molar-refractivity contribution in [1.82, 2.24) is 10.2 Å². The number of likely N-dealkylation sites (tertiary alicyclic amines) is 1. The van der Waals surface area contributed by atoms with Gasteiger partial charge in [-0.2, -0.15) is 0 Å². The minimum atomic E-state index is -0.840. The van der Waals surface area contributed by atoms with Crippen molar-refractivity contribution in [2.75, 3.05) is 13.1 Å². The van der Waals surface area contributed by atoms with Gasteiger partial charge in [-0.1, -0.05) is 25.5 Å². The largest absolute Gasteiger partial charge is 0.481 e. The molecule has 1 aliphatic rings. The highest BCUT2D eigenvalue weighted by Crippen LogP contribution is 2.27. The fourth-order valence-corrected chi connectivity index (χ4v) is 2.87. The zero-order valence-corrected chi connectivity index (χ0v) is 12.6. The zero-order chi connectivity index (χ0) is 16.1. The van der Waals surface area contributed by atoms with Gasteiger partial charge < -0.3 is 15.3 Å². The third kappa shape index (κ3) is 3.96. The van der Waals surface area contributed by atoms with Crippen LogP contribution >= 0.6 is 0 Å². The number of aliphatic carboxylic acids is 1. The Morgan fingerprint density at radius 3 is 2.59 bits per heavy atom. The van der Waals surface area contributed by atoms with Gasteiger partial charge in [-0.25, -0.2) is 9.18 Å². The molecule has 0 aliphatic carbocycles. The van der Waals surface area contributed by atoms with E-state index in [1.54, 1.807) is 17.0 Å². The molecule has 0 saturated carbocycles. The molecule has 1 aromatic rings. The Morgan fingerprint density at radius 2 is 2.00 bits per heavy atom. The Hall–Kier alpha value is -2.11. The van der Waals surface area contributed by atoms with E-state index in [4.69, 9.17) is 0 Å². The molecule has 1 saturated heterocycles. The molecule has 1 fully saturated rings. The Balaban J connectivity index is 1.90. The van der Waals surface area contributed by atoms with Gasteiger partial charge in [-0.3, -0.25) is 4.79 Å². The molecule has 2 amide bonds. The summed E-state index contributed by atoms with van der Waals surface area (Å²) in [6.45, 7) is 3.03. The molecule has 0 radical (unpaired) electrons. The second kappa shape index (κ2) is 7.24. The first-order valence-electron chi connectivity index (χ1n) is 7.51. The molecule has 5 nitrogen and oxygen atoms in total. The van der Waals surface area contributed by atoms with Crippen LogP contribution in [0.3, 0.4) is 0 Å². The maximum atomic E-state index is 12.8. The summed E-state index contributed by atoms with van der Waals surface area (Å²) in [5.41, 5.74) is 0.800. The number of hydrogen-bond acceptors (Lipinski definition) is 2. The molecule has 0 unspecified atom stereocenters. The number of nitrogens with one attached hydrogen (secondary N) is 1. The number of rotatable bonds is 5. The monoisotopic (exact) mass is 308 g/mol. The van der Waals surface area contributed by atoms with Crippen LogP contribution in [-0.4, -0.2) is 35.1 Å². The van der Waals surface area contributed by atoms with Crippen molar-refractivity contribution in [2.24, 2.45) is 11.8 Å². The van der Waals surface area contributed by atoms with E-state index in [2.05, 4.69) is 5.32 Å². The van der Waals surface area contributed by atoms with Crippen LogP contribution in [0, 0.1) is 17.7 Å². The quantitative estimate of drug-likeness (QED) is 0.878. The van der Waals surface area contributed by atoms with Crippen LogP contribution in [0.15, 0.2) is 24.3 Å². The van der Waals surface area contributed by atoms with Crippen LogP contribution < -0.4 is 5.32 Å². The fourth-order valence-electron chi connectivity index (χ4n) is 2.87. The molecule has 1 aliphatic heterocycles. The summed E-state index contributed by atoms with van der Waals surface area (Å²) >= 11 is 0. The molecular formula is C16H21FN2O3. The minimum absolute atomic E-state index is 0.0130. The number of halogens is 1. The van der Waals surface area contributed by atoms with E-state index in [0.29, 0.717) is 13.1 Å². The van der Waals surface area contributed by atoms with Crippen molar-refractivity contribution in [3.05, 3.63) is 35.6 Å². The topological polar surface area (TPSA) is 69.6 Å². The molecule has 0 aromatic heterocycles. The standard InChI is InChI=1S/C16H21FN2O3/c1-2-3-12-9-19(10-14(12)15(20)21)16(22)18-8-11-4-6-13(17)7-5-11/h4-7,12,14H,2-3,8-10H2,1H3,(H,18,22)(H,20,21)/t12-,14-/m0/s1. The summed E-state index contributed by atoms with van der Waals surface area (Å²) in [6.07, 6.45) is 1.71. The van der Waals surface area contributed by atoms with Gasteiger partial charge in [0.15, 0.2) is 0 Å². The van der Waals surface area contributed by atoms with Crippen molar-refractivity contribution < 1.29 is 19.1 Å². The average Bonchev–Trinajstić information content (AvgIpc) is 2.91. The van der Waals surface area contributed by atoms with E-state index in [1.165, 1.54) is 12.1 Å². The smallest absolute Gasteiger partial charge is 0.317 e. The SMILES string of the molecule is CCC[C@H]1CN(C(=O)NCc2ccc(F)cc2)C[C@@H]1C(=O)O. The minimum Gasteiger partial charge on any atom is -0.481 e. The first-order valence-corrected chi connectivity index (χ1v) is 7.51. The van der Waals surface area contributed by atoms with Gasteiger partial charge in [-0.05, 0) is 30.0 Å². The van der Waals surface area contributed by atoms with Crippen molar-refractivity contribution in [1.29, 1.82) is 0 Å². The molecule has 120 valence electrons. The number of carboxylic acid groups (broad SMARTS) is 1. The van der Waals surface area contributed by atoms with Crippen LogP contribution in [0.2, 0.25) is 0 Å². The van der Waals surface area contributed by atoms with Crippen molar-refractivity contribution in [3.63, 3.8) is 0 Å². The van der Waals surface area contributed by atoms with Gasteiger partial charge >= 0.3 is 12.0 Å². The van der Waals surface area contributed by atoms with E-state index in [9.17, 15) is 19.1 Å². The molecule has 6 heteroatoms. The van der Waals surface area contributed by atoms with Crippen molar-refractivity contribution >= 4 is 12.0 Å². The van der Waals surface area contributed by atoms with Crippen LogP contribution in [0.1, 0.15) is 25.3 Å². The lowest BCUT2D eigenvalue weighted by Gasteiger charge is -2.17. The summed E-state index contributed by atoms with van der Waals surface area (Å²) in [5.74, 6) is -1.63. The zero-order valence-electron chi connectivity index (χ0n) is 12.6. The van der Waals surface area contributed by atoms with E-state index < -0.39 is 11.9 Å². The normalized spacial score (nSPS) is 20.9. The van der Waals surface area contributed by atoms with Crippen LogP contribution in [0.4, 0.5) is 9.18 Å². The second-order valence-electron chi connectivity index (χ2n) is 5.68. The maximum absolute atomic E-state index is 12.8. The number of hydrogen-bond donors (Lipinski definition) is 2. The highest BCUT2D eigenvalue weighted by Gasteiger charge is 2.38. The summed E-state index contributed by atoms with van der Waals surface area (Å²) in [5, 5.41) is 12.0. The molecule has 1 heterocycles. The first kappa shape index (κ1) is 16.3. The predicted octanol–water partition coefficient (Wildman–Crippen LogP) is 2.47. The van der Waals surface area contributed by atoms with Gasteiger partial charge in [0, 0.05) is 19.6 Å². The molecule has 2 N–H and O–H groups in total. The van der Waals surface area contributed by atoms with E-state index in [0.717, 1.165) is 18.4 Å². The van der Waals surface area contributed by atoms with Crippen LogP contribution in [0.25, 0.3) is 0 Å². The Bertz CT molecular complexity index is 533. The molecule has 0 bridgehead atoms. The van der Waals surface area contributed by atoms with Gasteiger partial charge in [0.05, 0.1) is 5.92 Å². The lowest BCUT2D eigenvalue weighted by molar-refractivity contribution is -0.142. The summed E-state index contributed by atoms with van der Waals surface area (Å²) in [6, 6.07) is 5.64. The van der Waals surface area contributed by atoms with Gasteiger partial charge in [-0.15, -0.1) is 0 Å². The average molecular weight is 308 g/mol. The molecule has 22 heavy (non-hydrogen) atoms. The van der Waals surface area contributed by atoms with Crippen LogP contribution in [-0.2, 0) is 11.3 Å². The molecule has 2 rings (SSSR count). The van der Waals surface area contributed by atoms with E-state index >= 15 is 0 Å². The second-order valence-corrected chi connectivity index (χ2v) is 5.68. The Labute approximate surface area is 129 Å². The highest BCUT2D eigenvalue weighted by molar-refractivity contribution is 5.77. The third-order valence-corrected chi connectivity index (χ3v) is 4.06. The third-order valence-electron chi connectivity index (χ3n) is 4.06. The molecule has 1 aromatic carbocycles. The molecule has 2 atom stereocenters. The number of carbonyl (C=O) groups is 2. The Morgan fingerprint density at radius 1 is 1.32 bits per heavy atom. The first-order chi connectivity index (χ1) is 10.5. The number of carbonyl (C=O) groups excluding carboxylic acids is 1. The highest BCUT2D eigenvalue weighted by atomic mass is 19.1. The maximum Gasteiger partial charge on any atom is 0.317 e. The fraction of sp³-hybridized carbons (Fsp3) is 0.500.